The molecule has 10 heteroatoms. The summed E-state index contributed by atoms with van der Waals surface area (Å²) >= 11 is 0. The van der Waals surface area contributed by atoms with Gasteiger partial charge in [-0.25, -0.2) is 9.59 Å². The molecular weight excluding hydrogens is 328 g/mol. The van der Waals surface area contributed by atoms with Crippen LogP contribution in [0.1, 0.15) is 12.8 Å². The molecule has 2 fully saturated rings. The van der Waals surface area contributed by atoms with Crippen LogP contribution in [0, 0.1) is 0 Å². The summed E-state index contributed by atoms with van der Waals surface area (Å²) in [6, 6.07) is 0. The van der Waals surface area contributed by atoms with E-state index in [4.69, 9.17) is 29.2 Å². The van der Waals surface area contributed by atoms with Crippen molar-refractivity contribution in [3.63, 3.8) is 0 Å². The lowest BCUT2D eigenvalue weighted by molar-refractivity contribution is -0.156. The molecule has 2 unspecified atom stereocenters. The molecule has 0 amide bonds. The maximum atomic E-state index is 11.6. The predicted molar refractivity (Wildman–Crippen MR) is 72.9 cm³/mol. The highest BCUT2D eigenvalue weighted by atomic mass is 16.7. The van der Waals surface area contributed by atoms with Crippen LogP contribution in [0.2, 0.25) is 0 Å². The van der Waals surface area contributed by atoms with Gasteiger partial charge in [0.15, 0.2) is 12.2 Å². The second-order valence-electron chi connectivity index (χ2n) is 5.16. The number of carboxylic acids is 2. The van der Waals surface area contributed by atoms with Gasteiger partial charge >= 0.3 is 23.9 Å². The minimum atomic E-state index is -1.28. The molecule has 4 atom stereocenters. The molecule has 0 radical (unpaired) electrons. The first-order chi connectivity index (χ1) is 11.4. The summed E-state index contributed by atoms with van der Waals surface area (Å²) in [7, 11) is 0. The number of carbonyl (C=O) groups is 4. The molecular formula is C14H16O10. The number of carboxylic acid groups (broad SMARTS) is 2. The lowest BCUT2D eigenvalue weighted by Gasteiger charge is -2.16. The van der Waals surface area contributed by atoms with Crippen molar-refractivity contribution in [2.75, 3.05) is 13.2 Å². The van der Waals surface area contributed by atoms with Gasteiger partial charge in [-0.2, -0.15) is 0 Å². The van der Waals surface area contributed by atoms with E-state index in [0.29, 0.717) is 6.08 Å². The normalized spacial score (nSPS) is 28.5. The summed E-state index contributed by atoms with van der Waals surface area (Å²) in [4.78, 5) is 43.8. The van der Waals surface area contributed by atoms with Crippen LogP contribution in [0.4, 0.5) is 0 Å². The highest BCUT2D eigenvalue weighted by Gasteiger charge is 2.51. The average Bonchev–Trinajstić information content (AvgIpc) is 3.07. The van der Waals surface area contributed by atoms with Gasteiger partial charge < -0.3 is 29.2 Å². The van der Waals surface area contributed by atoms with Gasteiger partial charge in [-0.3, -0.25) is 9.59 Å². The summed E-state index contributed by atoms with van der Waals surface area (Å²) in [6.45, 7) is 0.0539. The number of esters is 2. The first kappa shape index (κ1) is 17.9. The van der Waals surface area contributed by atoms with Crippen molar-refractivity contribution in [1.29, 1.82) is 0 Å². The number of carbonyl (C=O) groups excluding carboxylic acids is 2. The maximum Gasteiger partial charge on any atom is 0.331 e. The minimum Gasteiger partial charge on any atom is -0.481 e. The molecule has 2 N–H and O–H groups in total. The Balaban J connectivity index is 1.83. The van der Waals surface area contributed by atoms with Crippen LogP contribution in [-0.4, -0.2) is 71.7 Å². The molecule has 2 aliphatic heterocycles. The Hall–Kier alpha value is -2.46. The van der Waals surface area contributed by atoms with Crippen molar-refractivity contribution in [3.05, 3.63) is 12.2 Å². The van der Waals surface area contributed by atoms with E-state index < -0.39 is 48.3 Å². The van der Waals surface area contributed by atoms with E-state index in [1.165, 1.54) is 0 Å². The molecule has 132 valence electrons. The van der Waals surface area contributed by atoms with Gasteiger partial charge in [0.05, 0.1) is 26.1 Å². The summed E-state index contributed by atoms with van der Waals surface area (Å²) in [5.74, 6) is -3.92. The zero-order chi connectivity index (χ0) is 17.7. The van der Waals surface area contributed by atoms with Crippen molar-refractivity contribution >= 4 is 23.9 Å². The number of aliphatic carboxylic acids is 2. The molecule has 0 aromatic heterocycles. The largest absolute Gasteiger partial charge is 0.481 e. The van der Waals surface area contributed by atoms with Crippen LogP contribution >= 0.6 is 0 Å². The van der Waals surface area contributed by atoms with Crippen molar-refractivity contribution in [3.8, 4) is 0 Å². The topological polar surface area (TPSA) is 146 Å². The fourth-order valence-electron chi connectivity index (χ4n) is 2.40. The van der Waals surface area contributed by atoms with Crippen LogP contribution in [0.25, 0.3) is 0 Å². The van der Waals surface area contributed by atoms with Gasteiger partial charge in [0.25, 0.3) is 0 Å². The van der Waals surface area contributed by atoms with E-state index in [1.807, 2.05) is 0 Å². The van der Waals surface area contributed by atoms with Gasteiger partial charge in [-0.15, -0.1) is 0 Å². The Kier molecular flexibility index (Phi) is 5.88. The molecule has 2 heterocycles. The van der Waals surface area contributed by atoms with Crippen LogP contribution < -0.4 is 0 Å². The third-order valence-electron chi connectivity index (χ3n) is 3.42. The number of fused-ring (bicyclic) bond motifs is 1. The smallest absolute Gasteiger partial charge is 0.331 e. The number of hydrogen-bond donors (Lipinski definition) is 2. The average molecular weight is 344 g/mol. The van der Waals surface area contributed by atoms with Crippen molar-refractivity contribution < 1.29 is 48.3 Å². The molecule has 0 aromatic rings. The zero-order valence-electron chi connectivity index (χ0n) is 12.5. The molecule has 0 saturated carbocycles. The van der Waals surface area contributed by atoms with E-state index in [9.17, 15) is 19.2 Å². The summed E-state index contributed by atoms with van der Waals surface area (Å²) in [5, 5.41) is 17.0. The van der Waals surface area contributed by atoms with Crippen molar-refractivity contribution in [2.45, 2.75) is 37.3 Å². The lowest BCUT2D eigenvalue weighted by atomic mass is 10.1. The molecule has 24 heavy (non-hydrogen) atoms. The van der Waals surface area contributed by atoms with Gasteiger partial charge in [-0.05, 0) is 0 Å². The molecule has 0 bridgehead atoms. The van der Waals surface area contributed by atoms with E-state index >= 15 is 0 Å². The second kappa shape index (κ2) is 7.88. The van der Waals surface area contributed by atoms with E-state index in [2.05, 4.69) is 0 Å². The molecule has 2 saturated heterocycles. The Morgan fingerprint density at radius 1 is 0.917 bits per heavy atom. The Bertz CT molecular complexity index is 554. The maximum absolute atomic E-state index is 11.6. The number of ether oxygens (including phenoxy) is 4. The highest BCUT2D eigenvalue weighted by molar-refractivity contribution is 5.90. The number of hydrogen-bond acceptors (Lipinski definition) is 8. The highest BCUT2D eigenvalue weighted by Crippen LogP contribution is 2.30. The molecule has 10 nitrogen and oxygen atoms in total. The Morgan fingerprint density at radius 2 is 1.50 bits per heavy atom. The Morgan fingerprint density at radius 3 is 2.04 bits per heavy atom. The molecule has 0 aromatic carbocycles. The number of rotatable bonds is 7. The van der Waals surface area contributed by atoms with Crippen LogP contribution in [-0.2, 0) is 38.1 Å². The molecule has 0 spiro atoms. The third kappa shape index (κ3) is 4.77. The molecule has 2 aliphatic rings. The SMILES string of the molecule is O=C(O)/C=C/C(=O)O[C@@H]1COC2C1OC[C@@H]2OC(=O)CCC(=O)O. The quantitative estimate of drug-likeness (QED) is 0.440. The summed E-state index contributed by atoms with van der Waals surface area (Å²) < 4.78 is 21.0. The van der Waals surface area contributed by atoms with E-state index in [1.54, 1.807) is 0 Å². The molecule has 0 aliphatic carbocycles. The van der Waals surface area contributed by atoms with E-state index in [0.717, 1.165) is 6.08 Å². The van der Waals surface area contributed by atoms with Gasteiger partial charge in [0.2, 0.25) is 0 Å². The van der Waals surface area contributed by atoms with E-state index in [-0.39, 0.29) is 26.1 Å². The Labute approximate surface area is 135 Å². The summed E-state index contributed by atoms with van der Waals surface area (Å²) in [6.07, 6.45) is -1.89. The van der Waals surface area contributed by atoms with Gasteiger partial charge in [0.1, 0.15) is 12.2 Å². The monoisotopic (exact) mass is 344 g/mol. The fourth-order valence-corrected chi connectivity index (χ4v) is 2.40. The fraction of sp³-hybridized carbons (Fsp3) is 0.571. The zero-order valence-corrected chi connectivity index (χ0v) is 12.5. The van der Waals surface area contributed by atoms with Crippen molar-refractivity contribution in [1.82, 2.24) is 0 Å². The standard InChI is InChI=1S/C14H16O10/c15-9(16)1-3-11(19)23-7-5-21-14-8(6-22-13(7)14)24-12(20)4-2-10(17)18/h1,3,7-8,13-14H,2,4-6H2,(H,15,16)(H,17,18)/b3-1+/t7-,8+,13?,14?/m1/s1. The predicted octanol–water partition coefficient (Wildman–Crippen LogP) is -0.887. The minimum absolute atomic E-state index is 0.0190. The van der Waals surface area contributed by atoms with Crippen LogP contribution in [0.3, 0.4) is 0 Å². The molecule has 2 rings (SSSR count). The lowest BCUT2D eigenvalue weighted by Crippen LogP contribution is -2.35. The van der Waals surface area contributed by atoms with Gasteiger partial charge in [-0.1, -0.05) is 0 Å². The van der Waals surface area contributed by atoms with Crippen molar-refractivity contribution in [2.24, 2.45) is 0 Å². The first-order valence-corrected chi connectivity index (χ1v) is 7.13. The van der Waals surface area contributed by atoms with Gasteiger partial charge in [0, 0.05) is 12.2 Å². The second-order valence-corrected chi connectivity index (χ2v) is 5.16. The third-order valence-corrected chi connectivity index (χ3v) is 3.42. The van der Waals surface area contributed by atoms with Crippen LogP contribution in [0.15, 0.2) is 12.2 Å². The van der Waals surface area contributed by atoms with Crippen LogP contribution in [0.5, 0.6) is 0 Å². The summed E-state index contributed by atoms with van der Waals surface area (Å²) in [5.41, 5.74) is 0. The first-order valence-electron chi connectivity index (χ1n) is 7.13.